The van der Waals surface area contributed by atoms with Crippen LogP contribution in [0, 0.1) is 13.8 Å². The number of para-hydroxylation sites is 1. The third-order valence-electron chi connectivity index (χ3n) is 5.21. The van der Waals surface area contributed by atoms with Crippen LogP contribution in [0.4, 0.5) is 5.69 Å². The van der Waals surface area contributed by atoms with Crippen molar-refractivity contribution in [2.75, 3.05) is 31.6 Å². The number of aliphatic hydroxyl groups is 1. The van der Waals surface area contributed by atoms with Gasteiger partial charge in [0.25, 0.3) is 0 Å². The summed E-state index contributed by atoms with van der Waals surface area (Å²) < 4.78 is 11.5. The zero-order valence-electron chi connectivity index (χ0n) is 19.0. The molecule has 32 heavy (non-hydrogen) atoms. The van der Waals surface area contributed by atoms with E-state index in [0.29, 0.717) is 18.9 Å². The van der Waals surface area contributed by atoms with Crippen molar-refractivity contribution in [1.82, 2.24) is 5.32 Å². The van der Waals surface area contributed by atoms with E-state index in [9.17, 15) is 5.11 Å². The van der Waals surface area contributed by atoms with Crippen molar-refractivity contribution in [2.24, 2.45) is 0 Å². The highest BCUT2D eigenvalue weighted by atomic mass is 16.5. The highest BCUT2D eigenvalue weighted by Crippen LogP contribution is 2.20. The van der Waals surface area contributed by atoms with Crippen molar-refractivity contribution in [3.05, 3.63) is 89.5 Å². The number of rotatable bonds is 13. The van der Waals surface area contributed by atoms with Crippen LogP contribution < -0.4 is 20.1 Å². The Kier molecular flexibility index (Phi) is 9.41. The lowest BCUT2D eigenvalue weighted by atomic mass is 10.1. The molecule has 0 aliphatic heterocycles. The fraction of sp³-hybridized carbons (Fsp3) is 0.333. The molecule has 3 rings (SSSR count). The van der Waals surface area contributed by atoms with Gasteiger partial charge in [0.15, 0.2) is 0 Å². The minimum atomic E-state index is -0.560. The van der Waals surface area contributed by atoms with Crippen molar-refractivity contribution in [1.29, 1.82) is 0 Å². The smallest absolute Gasteiger partial charge is 0.120 e. The Morgan fingerprint density at radius 1 is 0.781 bits per heavy atom. The molecule has 0 saturated carbocycles. The number of nitrogens with one attached hydrogen (secondary N) is 2. The molecule has 1 unspecified atom stereocenters. The molecule has 0 heterocycles. The predicted molar refractivity (Wildman–Crippen MR) is 131 cm³/mol. The summed E-state index contributed by atoms with van der Waals surface area (Å²) in [5.74, 6) is 1.51. The highest BCUT2D eigenvalue weighted by molar-refractivity contribution is 5.56. The van der Waals surface area contributed by atoms with Crippen molar-refractivity contribution >= 4 is 5.69 Å². The van der Waals surface area contributed by atoms with E-state index < -0.39 is 6.10 Å². The van der Waals surface area contributed by atoms with Gasteiger partial charge in [-0.15, -0.1) is 0 Å². The Labute approximate surface area is 191 Å². The fourth-order valence-electron chi connectivity index (χ4n) is 3.41. The van der Waals surface area contributed by atoms with Gasteiger partial charge in [0.1, 0.15) is 30.8 Å². The summed E-state index contributed by atoms with van der Waals surface area (Å²) in [7, 11) is 0. The lowest BCUT2D eigenvalue weighted by Gasteiger charge is -2.15. The fourth-order valence-corrected chi connectivity index (χ4v) is 3.41. The number of hydrogen-bond donors (Lipinski definition) is 3. The Balaban J connectivity index is 1.26. The molecule has 0 radical (unpaired) electrons. The standard InChI is InChI=1S/C27H34N2O3/c1-21-8-6-9-22(2)27(21)29-17-7-16-28-18-24(30)20-32-26-14-12-25(13-15-26)31-19-23-10-4-3-5-11-23/h3-6,8-15,24,28-30H,7,16-20H2,1-2H3. The lowest BCUT2D eigenvalue weighted by molar-refractivity contribution is 0.106. The van der Waals surface area contributed by atoms with Gasteiger partial charge in [0, 0.05) is 18.8 Å². The summed E-state index contributed by atoms with van der Waals surface area (Å²) in [5, 5.41) is 16.9. The monoisotopic (exact) mass is 434 g/mol. The summed E-state index contributed by atoms with van der Waals surface area (Å²) in [4.78, 5) is 0. The molecule has 0 aromatic heterocycles. The SMILES string of the molecule is Cc1cccc(C)c1NCCCNCC(O)COc1ccc(OCc2ccccc2)cc1. The molecule has 0 fully saturated rings. The van der Waals surface area contributed by atoms with E-state index in [1.54, 1.807) is 0 Å². The van der Waals surface area contributed by atoms with Crippen molar-refractivity contribution in [3.8, 4) is 11.5 Å². The summed E-state index contributed by atoms with van der Waals surface area (Å²) in [5.41, 5.74) is 4.88. The van der Waals surface area contributed by atoms with Crippen LogP contribution in [0.1, 0.15) is 23.1 Å². The second-order valence-corrected chi connectivity index (χ2v) is 7.96. The van der Waals surface area contributed by atoms with Crippen LogP contribution in [0.5, 0.6) is 11.5 Å². The second-order valence-electron chi connectivity index (χ2n) is 7.96. The van der Waals surface area contributed by atoms with Gasteiger partial charge in [-0.25, -0.2) is 0 Å². The Morgan fingerprint density at radius 3 is 2.12 bits per heavy atom. The third-order valence-corrected chi connectivity index (χ3v) is 5.21. The minimum absolute atomic E-state index is 0.248. The Hall–Kier alpha value is -3.02. The van der Waals surface area contributed by atoms with Crippen molar-refractivity contribution in [2.45, 2.75) is 33.0 Å². The molecule has 5 nitrogen and oxygen atoms in total. The number of hydrogen-bond acceptors (Lipinski definition) is 5. The van der Waals surface area contributed by atoms with Crippen LogP contribution in [-0.2, 0) is 6.61 Å². The molecule has 3 aromatic rings. The summed E-state index contributed by atoms with van der Waals surface area (Å²) in [6.07, 6.45) is 0.418. The first kappa shape index (κ1) is 23.6. The molecular weight excluding hydrogens is 400 g/mol. The van der Waals surface area contributed by atoms with Gasteiger partial charge in [0.2, 0.25) is 0 Å². The summed E-state index contributed by atoms with van der Waals surface area (Å²) in [6.45, 7) is 7.25. The molecule has 0 spiro atoms. The second kappa shape index (κ2) is 12.7. The number of aliphatic hydroxyl groups excluding tert-OH is 1. The molecule has 1 atom stereocenters. The van der Waals surface area contributed by atoms with E-state index >= 15 is 0 Å². The van der Waals surface area contributed by atoms with Gasteiger partial charge in [0.05, 0.1) is 0 Å². The number of anilines is 1. The van der Waals surface area contributed by atoms with Crippen molar-refractivity contribution < 1.29 is 14.6 Å². The molecule has 0 saturated heterocycles. The first-order valence-corrected chi connectivity index (χ1v) is 11.2. The number of aryl methyl sites for hydroxylation is 2. The van der Waals surface area contributed by atoms with Crippen LogP contribution in [-0.4, -0.2) is 37.5 Å². The number of ether oxygens (including phenoxy) is 2. The maximum absolute atomic E-state index is 10.2. The highest BCUT2D eigenvalue weighted by Gasteiger charge is 2.06. The van der Waals surface area contributed by atoms with Crippen molar-refractivity contribution in [3.63, 3.8) is 0 Å². The topological polar surface area (TPSA) is 62.8 Å². The minimum Gasteiger partial charge on any atom is -0.491 e. The van der Waals surface area contributed by atoms with Gasteiger partial charge in [-0.3, -0.25) is 0 Å². The van der Waals surface area contributed by atoms with Crippen LogP contribution >= 0.6 is 0 Å². The largest absolute Gasteiger partial charge is 0.491 e. The van der Waals surface area contributed by atoms with E-state index in [-0.39, 0.29) is 6.61 Å². The average Bonchev–Trinajstić information content (AvgIpc) is 2.81. The maximum atomic E-state index is 10.2. The van der Waals surface area contributed by atoms with E-state index in [1.807, 2.05) is 54.6 Å². The summed E-state index contributed by atoms with van der Waals surface area (Å²) in [6, 6.07) is 23.9. The Morgan fingerprint density at radius 2 is 1.44 bits per heavy atom. The predicted octanol–water partition coefficient (Wildman–Crippen LogP) is 4.71. The third kappa shape index (κ3) is 7.91. The van der Waals surface area contributed by atoms with E-state index in [1.165, 1.54) is 16.8 Å². The molecule has 5 heteroatoms. The van der Waals surface area contributed by atoms with Crippen LogP contribution in [0.3, 0.4) is 0 Å². The zero-order valence-corrected chi connectivity index (χ0v) is 19.0. The molecule has 0 amide bonds. The van der Waals surface area contributed by atoms with Crippen LogP contribution in [0.15, 0.2) is 72.8 Å². The molecule has 0 aliphatic rings. The van der Waals surface area contributed by atoms with Crippen LogP contribution in [0.25, 0.3) is 0 Å². The molecular formula is C27H34N2O3. The quantitative estimate of drug-likeness (QED) is 0.340. The number of benzene rings is 3. The van der Waals surface area contributed by atoms with Gasteiger partial charge in [-0.05, 0) is 67.8 Å². The van der Waals surface area contributed by atoms with Gasteiger partial charge in [-0.2, -0.15) is 0 Å². The van der Waals surface area contributed by atoms with E-state index in [2.05, 4.69) is 42.7 Å². The molecule has 0 bridgehead atoms. The molecule has 0 aliphatic carbocycles. The normalized spacial score (nSPS) is 11.7. The van der Waals surface area contributed by atoms with Crippen LogP contribution in [0.2, 0.25) is 0 Å². The summed E-state index contributed by atoms with van der Waals surface area (Å²) >= 11 is 0. The van der Waals surface area contributed by atoms with Gasteiger partial charge in [-0.1, -0.05) is 48.5 Å². The van der Waals surface area contributed by atoms with E-state index in [0.717, 1.165) is 30.8 Å². The molecule has 3 N–H and O–H groups in total. The zero-order chi connectivity index (χ0) is 22.6. The van der Waals surface area contributed by atoms with Gasteiger partial charge >= 0.3 is 0 Å². The maximum Gasteiger partial charge on any atom is 0.120 e. The average molecular weight is 435 g/mol. The molecule has 170 valence electrons. The first-order chi connectivity index (χ1) is 15.6. The Bertz CT molecular complexity index is 909. The van der Waals surface area contributed by atoms with E-state index in [4.69, 9.17) is 9.47 Å². The molecule has 3 aromatic carbocycles. The van der Waals surface area contributed by atoms with Gasteiger partial charge < -0.3 is 25.2 Å². The lowest BCUT2D eigenvalue weighted by Crippen LogP contribution is -2.32. The first-order valence-electron chi connectivity index (χ1n) is 11.2.